The van der Waals surface area contributed by atoms with Crippen LogP contribution in [0.15, 0.2) is 0 Å². The van der Waals surface area contributed by atoms with Gasteiger partial charge in [0.1, 0.15) is 0 Å². The van der Waals surface area contributed by atoms with Crippen LogP contribution in [-0.2, 0) is 6.54 Å². The minimum Gasteiger partial charge on any atom is -0.394 e. The largest absolute Gasteiger partial charge is 0.394 e. The number of urea groups is 1. The van der Waals surface area contributed by atoms with Crippen LogP contribution in [0.5, 0.6) is 0 Å². The highest BCUT2D eigenvalue weighted by molar-refractivity contribution is 5.73. The van der Waals surface area contributed by atoms with Crippen LogP contribution < -0.4 is 5.32 Å². The SMILES string of the molecule is Cc1nn(CCNC(=O)N(C)C[C@@H](O)CO)c(C)c1C. The van der Waals surface area contributed by atoms with Gasteiger partial charge in [0.2, 0.25) is 0 Å². The smallest absolute Gasteiger partial charge is 0.317 e. The lowest BCUT2D eigenvalue weighted by Gasteiger charge is -2.20. The van der Waals surface area contributed by atoms with E-state index in [1.807, 2.05) is 25.5 Å². The summed E-state index contributed by atoms with van der Waals surface area (Å²) in [6.45, 7) is 6.78. The quantitative estimate of drug-likeness (QED) is 0.675. The van der Waals surface area contributed by atoms with Crippen molar-refractivity contribution < 1.29 is 15.0 Å². The number of nitrogens with one attached hydrogen (secondary N) is 1. The lowest BCUT2D eigenvalue weighted by Crippen LogP contribution is -2.43. The van der Waals surface area contributed by atoms with Crippen molar-refractivity contribution in [1.82, 2.24) is 20.0 Å². The number of carbonyl (C=O) groups is 1. The van der Waals surface area contributed by atoms with Crippen LogP contribution in [0.4, 0.5) is 4.79 Å². The first-order valence-electron chi connectivity index (χ1n) is 6.65. The predicted octanol–water partition coefficient (Wildman–Crippen LogP) is -0.197. The number of aromatic nitrogens is 2. The van der Waals surface area contributed by atoms with Crippen LogP contribution in [0.3, 0.4) is 0 Å². The third-order valence-corrected chi connectivity index (χ3v) is 3.39. The topological polar surface area (TPSA) is 90.6 Å². The number of aliphatic hydroxyl groups is 2. The van der Waals surface area contributed by atoms with Gasteiger partial charge < -0.3 is 20.4 Å². The van der Waals surface area contributed by atoms with Gasteiger partial charge in [0, 0.05) is 19.3 Å². The molecule has 1 aromatic heterocycles. The Balaban J connectivity index is 2.40. The van der Waals surface area contributed by atoms with Gasteiger partial charge in [-0.25, -0.2) is 4.79 Å². The molecule has 1 aromatic rings. The highest BCUT2D eigenvalue weighted by atomic mass is 16.3. The van der Waals surface area contributed by atoms with Gasteiger partial charge >= 0.3 is 6.03 Å². The number of carbonyl (C=O) groups excluding carboxylic acids is 1. The summed E-state index contributed by atoms with van der Waals surface area (Å²) < 4.78 is 1.87. The second-order valence-corrected chi connectivity index (χ2v) is 4.97. The molecule has 0 saturated heterocycles. The summed E-state index contributed by atoms with van der Waals surface area (Å²) in [6.07, 6.45) is -0.913. The standard InChI is InChI=1S/C13H24N4O3/c1-9-10(2)15-17(11(9)3)6-5-14-13(20)16(4)7-12(19)8-18/h12,18-19H,5-8H2,1-4H3,(H,14,20)/t12-/m1/s1. The van der Waals surface area contributed by atoms with Gasteiger partial charge in [0.25, 0.3) is 0 Å². The minimum absolute atomic E-state index is 0.0986. The van der Waals surface area contributed by atoms with E-state index in [1.54, 1.807) is 7.05 Å². The molecule has 7 nitrogen and oxygen atoms in total. The van der Waals surface area contributed by atoms with Crippen molar-refractivity contribution in [3.8, 4) is 0 Å². The Morgan fingerprint density at radius 1 is 1.45 bits per heavy atom. The van der Waals surface area contributed by atoms with Gasteiger partial charge in [-0.2, -0.15) is 5.10 Å². The van der Waals surface area contributed by atoms with Crippen LogP contribution in [0, 0.1) is 20.8 Å². The van der Waals surface area contributed by atoms with Gasteiger partial charge in [-0.3, -0.25) is 4.68 Å². The van der Waals surface area contributed by atoms with Crippen LogP contribution in [0.1, 0.15) is 17.0 Å². The molecule has 1 heterocycles. The number of hydrogen-bond donors (Lipinski definition) is 3. The molecule has 0 spiro atoms. The van der Waals surface area contributed by atoms with Crippen molar-refractivity contribution in [2.24, 2.45) is 0 Å². The Labute approximate surface area is 119 Å². The zero-order valence-corrected chi connectivity index (χ0v) is 12.6. The number of aliphatic hydroxyl groups excluding tert-OH is 2. The highest BCUT2D eigenvalue weighted by Crippen LogP contribution is 2.10. The summed E-state index contributed by atoms with van der Waals surface area (Å²) in [6, 6.07) is -0.282. The van der Waals surface area contributed by atoms with Crippen molar-refractivity contribution in [3.63, 3.8) is 0 Å². The molecule has 0 unspecified atom stereocenters. The van der Waals surface area contributed by atoms with E-state index >= 15 is 0 Å². The van der Waals surface area contributed by atoms with Gasteiger partial charge in [0.05, 0.1) is 31.5 Å². The Morgan fingerprint density at radius 3 is 2.60 bits per heavy atom. The molecule has 0 saturated carbocycles. The molecule has 0 aromatic carbocycles. The number of aryl methyl sites for hydroxylation is 1. The van der Waals surface area contributed by atoms with E-state index in [-0.39, 0.29) is 19.2 Å². The number of hydrogen-bond acceptors (Lipinski definition) is 4. The number of amides is 2. The summed E-state index contributed by atoms with van der Waals surface area (Å²) in [4.78, 5) is 13.1. The Hall–Kier alpha value is -1.60. The van der Waals surface area contributed by atoms with Gasteiger partial charge in [-0.15, -0.1) is 0 Å². The number of nitrogens with zero attached hydrogens (tertiary/aromatic N) is 3. The lowest BCUT2D eigenvalue weighted by atomic mass is 10.2. The second-order valence-electron chi connectivity index (χ2n) is 4.97. The van der Waals surface area contributed by atoms with Crippen LogP contribution in [0.2, 0.25) is 0 Å². The summed E-state index contributed by atoms with van der Waals surface area (Å²) in [5.74, 6) is 0. The maximum atomic E-state index is 11.7. The average molecular weight is 284 g/mol. The lowest BCUT2D eigenvalue weighted by molar-refractivity contribution is 0.0732. The molecule has 20 heavy (non-hydrogen) atoms. The van der Waals surface area contributed by atoms with Crippen molar-refractivity contribution in [1.29, 1.82) is 0 Å². The third kappa shape index (κ3) is 4.21. The normalized spacial score (nSPS) is 12.3. The van der Waals surface area contributed by atoms with Crippen LogP contribution in [0.25, 0.3) is 0 Å². The Morgan fingerprint density at radius 2 is 2.10 bits per heavy atom. The Bertz CT molecular complexity index is 459. The first kappa shape index (κ1) is 16.5. The fourth-order valence-corrected chi connectivity index (χ4v) is 1.86. The summed E-state index contributed by atoms with van der Waals surface area (Å²) >= 11 is 0. The molecular formula is C13H24N4O3. The van der Waals surface area contributed by atoms with Crippen LogP contribution in [-0.4, -0.2) is 63.8 Å². The zero-order valence-electron chi connectivity index (χ0n) is 12.6. The van der Waals surface area contributed by atoms with Crippen LogP contribution >= 0.6 is 0 Å². The molecule has 0 radical (unpaired) electrons. The van der Waals surface area contributed by atoms with E-state index in [4.69, 9.17) is 5.11 Å². The van der Waals surface area contributed by atoms with E-state index in [9.17, 15) is 9.90 Å². The predicted molar refractivity (Wildman–Crippen MR) is 75.6 cm³/mol. The van der Waals surface area contributed by atoms with E-state index in [1.165, 1.54) is 10.5 Å². The molecule has 0 aliphatic heterocycles. The summed E-state index contributed by atoms with van der Waals surface area (Å²) in [7, 11) is 1.57. The molecule has 1 atom stereocenters. The van der Waals surface area contributed by atoms with Crippen molar-refractivity contribution in [2.45, 2.75) is 33.4 Å². The fourth-order valence-electron chi connectivity index (χ4n) is 1.86. The van der Waals surface area contributed by atoms with Crippen molar-refractivity contribution >= 4 is 6.03 Å². The molecule has 0 aliphatic rings. The molecule has 1 rings (SSSR count). The maximum Gasteiger partial charge on any atom is 0.317 e. The number of rotatable bonds is 6. The maximum absolute atomic E-state index is 11.7. The first-order chi connectivity index (χ1) is 9.36. The van der Waals surface area contributed by atoms with Gasteiger partial charge in [0.15, 0.2) is 0 Å². The second kappa shape index (κ2) is 7.25. The third-order valence-electron chi connectivity index (χ3n) is 3.39. The fraction of sp³-hybridized carbons (Fsp3) is 0.692. The Kier molecular flexibility index (Phi) is 5.97. The van der Waals surface area contributed by atoms with Gasteiger partial charge in [-0.05, 0) is 26.3 Å². The van der Waals surface area contributed by atoms with E-state index in [0.29, 0.717) is 13.1 Å². The molecule has 7 heteroatoms. The van der Waals surface area contributed by atoms with E-state index < -0.39 is 6.10 Å². The first-order valence-corrected chi connectivity index (χ1v) is 6.65. The molecule has 0 aliphatic carbocycles. The van der Waals surface area contributed by atoms with E-state index in [2.05, 4.69) is 10.4 Å². The summed E-state index contributed by atoms with van der Waals surface area (Å²) in [5, 5.41) is 25.1. The van der Waals surface area contributed by atoms with E-state index in [0.717, 1.165) is 11.4 Å². The monoisotopic (exact) mass is 284 g/mol. The molecule has 0 fully saturated rings. The summed E-state index contributed by atoms with van der Waals surface area (Å²) in [5.41, 5.74) is 3.26. The van der Waals surface area contributed by atoms with Crippen molar-refractivity contribution in [2.75, 3.05) is 26.7 Å². The minimum atomic E-state index is -0.913. The molecule has 114 valence electrons. The zero-order chi connectivity index (χ0) is 15.3. The molecule has 3 N–H and O–H groups in total. The van der Waals surface area contributed by atoms with Gasteiger partial charge in [-0.1, -0.05) is 0 Å². The average Bonchev–Trinajstić information content (AvgIpc) is 2.66. The highest BCUT2D eigenvalue weighted by Gasteiger charge is 2.13. The van der Waals surface area contributed by atoms with Crippen molar-refractivity contribution in [3.05, 3.63) is 17.0 Å². The number of likely N-dealkylation sites (N-methyl/N-ethyl adjacent to an activating group) is 1. The molecular weight excluding hydrogens is 260 g/mol. The molecule has 2 amide bonds. The molecule has 0 bridgehead atoms.